The predicted molar refractivity (Wildman–Crippen MR) is 217 cm³/mol. The van der Waals surface area contributed by atoms with Crippen molar-refractivity contribution in [3.05, 3.63) is 142 Å². The Morgan fingerprint density at radius 2 is 1.19 bits per heavy atom. The fraction of sp³-hybridized carbons (Fsp3) is 0.233. The highest BCUT2D eigenvalue weighted by atomic mass is 32.1. The van der Waals surface area contributed by atoms with E-state index in [-0.39, 0.29) is 38.0 Å². The molecule has 6 N–H and O–H groups in total. The van der Waals surface area contributed by atoms with Crippen molar-refractivity contribution in [1.29, 1.82) is 0 Å². The maximum Gasteiger partial charge on any atom is 0.326 e. The maximum atomic E-state index is 14.3. The molecule has 0 radical (unpaired) electrons. The molecular weight excluding hydrogens is 745 g/mol. The molecule has 5 rings (SSSR count). The number of aliphatic carboxylic acids is 1. The van der Waals surface area contributed by atoms with E-state index in [2.05, 4.69) is 31.6 Å². The van der Waals surface area contributed by atoms with Crippen molar-refractivity contribution in [2.75, 3.05) is 5.32 Å². The Morgan fingerprint density at radius 3 is 1.74 bits per heavy atom. The Hall–Kier alpha value is -6.67. The van der Waals surface area contributed by atoms with Gasteiger partial charge in [-0.15, -0.1) is 11.3 Å². The van der Waals surface area contributed by atoms with E-state index in [0.717, 1.165) is 21.6 Å². The van der Waals surface area contributed by atoms with E-state index in [1.807, 2.05) is 72.1 Å². The molecule has 0 saturated heterocycles. The molecule has 0 bridgehead atoms. The Morgan fingerprint density at radius 1 is 0.632 bits per heavy atom. The summed E-state index contributed by atoms with van der Waals surface area (Å²) < 4.78 is 0. The van der Waals surface area contributed by atoms with Gasteiger partial charge in [0.15, 0.2) is 0 Å². The van der Waals surface area contributed by atoms with Crippen LogP contribution in [0.25, 0.3) is 11.1 Å². The number of carboxylic acid groups (broad SMARTS) is 1. The molecular formula is C43H44N6O7S. The van der Waals surface area contributed by atoms with E-state index in [1.165, 1.54) is 17.5 Å². The van der Waals surface area contributed by atoms with Gasteiger partial charge in [0.2, 0.25) is 30.0 Å². The summed E-state index contributed by atoms with van der Waals surface area (Å²) in [5.41, 5.74) is 4.38. The number of hydrogen-bond donors (Lipinski definition) is 6. The largest absolute Gasteiger partial charge is 0.480 e. The summed E-state index contributed by atoms with van der Waals surface area (Å²) in [7, 11) is 0. The molecule has 294 valence electrons. The molecule has 0 aliphatic carbocycles. The van der Waals surface area contributed by atoms with Gasteiger partial charge >= 0.3 is 5.97 Å². The lowest BCUT2D eigenvalue weighted by atomic mass is 9.99. The van der Waals surface area contributed by atoms with Crippen LogP contribution in [0.3, 0.4) is 0 Å². The van der Waals surface area contributed by atoms with E-state index in [1.54, 1.807) is 49.5 Å². The molecule has 57 heavy (non-hydrogen) atoms. The van der Waals surface area contributed by atoms with Crippen LogP contribution in [0.4, 0.5) is 5.69 Å². The van der Waals surface area contributed by atoms with Gasteiger partial charge in [-0.2, -0.15) is 0 Å². The molecule has 0 fully saturated rings. The van der Waals surface area contributed by atoms with Crippen molar-refractivity contribution in [2.24, 2.45) is 0 Å². The predicted octanol–water partition coefficient (Wildman–Crippen LogP) is 4.08. The van der Waals surface area contributed by atoms with Crippen LogP contribution < -0.4 is 26.6 Å². The lowest BCUT2D eigenvalue weighted by Crippen LogP contribution is -2.59. The number of pyridine rings is 1. The number of hydrogen-bond acceptors (Lipinski definition) is 8. The van der Waals surface area contributed by atoms with Gasteiger partial charge in [-0.25, -0.2) is 4.79 Å². The number of benzene rings is 3. The summed E-state index contributed by atoms with van der Waals surface area (Å²) >= 11 is 1.44. The first-order chi connectivity index (χ1) is 27.6. The van der Waals surface area contributed by atoms with Crippen LogP contribution >= 0.6 is 11.3 Å². The number of nitrogens with zero attached hydrogens (tertiary/aromatic N) is 1. The van der Waals surface area contributed by atoms with Crippen molar-refractivity contribution in [1.82, 2.24) is 26.3 Å². The minimum atomic E-state index is -1.37. The first kappa shape index (κ1) is 41.5. The van der Waals surface area contributed by atoms with Crippen LogP contribution in [0.2, 0.25) is 0 Å². The van der Waals surface area contributed by atoms with Crippen LogP contribution in [0.5, 0.6) is 0 Å². The molecule has 0 aliphatic rings. The number of thiophene rings is 1. The Balaban J connectivity index is 1.41. The van der Waals surface area contributed by atoms with Crippen molar-refractivity contribution in [3.8, 4) is 11.1 Å². The van der Waals surface area contributed by atoms with E-state index in [4.69, 9.17) is 0 Å². The second-order valence-corrected chi connectivity index (χ2v) is 14.3. The third-order valence-corrected chi connectivity index (χ3v) is 10.0. The van der Waals surface area contributed by atoms with Gasteiger partial charge in [-0.1, -0.05) is 85.8 Å². The molecule has 14 heteroatoms. The first-order valence-electron chi connectivity index (χ1n) is 18.4. The van der Waals surface area contributed by atoms with E-state index in [0.29, 0.717) is 23.2 Å². The lowest BCUT2D eigenvalue weighted by molar-refractivity contribution is -0.142. The Labute approximate surface area is 334 Å². The molecule has 4 atom stereocenters. The quantitative estimate of drug-likeness (QED) is 0.0635. The molecule has 2 heterocycles. The number of aromatic nitrogens is 1. The summed E-state index contributed by atoms with van der Waals surface area (Å²) in [6.07, 6.45) is 3.89. The van der Waals surface area contributed by atoms with Crippen LogP contribution in [0, 0.1) is 0 Å². The van der Waals surface area contributed by atoms with Crippen LogP contribution in [-0.4, -0.2) is 70.3 Å². The first-order valence-corrected chi connectivity index (χ1v) is 19.3. The second kappa shape index (κ2) is 20.9. The molecule has 13 nitrogen and oxygen atoms in total. The van der Waals surface area contributed by atoms with Gasteiger partial charge in [0, 0.05) is 55.1 Å². The SMILES string of the molecule is CCC(=O)N[C@H](Cc1cccs1)C(=O)N[C@@H](Cc1ccc(-c2ccccc2)cc1)C(=O)N[C@@H](Cc1cccnc1)C(=O)N[C@@H](Cc1ccc(NC=O)cc1)C(=O)O. The highest BCUT2D eigenvalue weighted by Gasteiger charge is 2.32. The number of anilines is 1. The third kappa shape index (κ3) is 12.7. The van der Waals surface area contributed by atoms with Gasteiger partial charge < -0.3 is 31.7 Å². The second-order valence-electron chi connectivity index (χ2n) is 13.3. The number of carboxylic acids is 1. The van der Waals surface area contributed by atoms with Crippen molar-refractivity contribution in [3.63, 3.8) is 0 Å². The molecule has 3 aromatic carbocycles. The Bertz CT molecular complexity index is 2100. The lowest BCUT2D eigenvalue weighted by Gasteiger charge is -2.26. The van der Waals surface area contributed by atoms with E-state index >= 15 is 0 Å². The molecule has 0 spiro atoms. The van der Waals surface area contributed by atoms with Gasteiger partial charge in [0.25, 0.3) is 0 Å². The smallest absolute Gasteiger partial charge is 0.326 e. The monoisotopic (exact) mass is 788 g/mol. The fourth-order valence-electron chi connectivity index (χ4n) is 6.07. The van der Waals surface area contributed by atoms with Crippen LogP contribution in [-0.2, 0) is 54.5 Å². The van der Waals surface area contributed by atoms with Gasteiger partial charge in [0.1, 0.15) is 24.2 Å². The van der Waals surface area contributed by atoms with Gasteiger partial charge in [-0.05, 0) is 57.5 Å². The number of amides is 5. The molecule has 2 aromatic heterocycles. The van der Waals surface area contributed by atoms with E-state index < -0.39 is 47.9 Å². The molecule has 5 aromatic rings. The molecule has 0 aliphatic heterocycles. The minimum absolute atomic E-state index is 0.0357. The average Bonchev–Trinajstić information content (AvgIpc) is 3.74. The maximum absolute atomic E-state index is 14.3. The Kier molecular flexibility index (Phi) is 15.2. The van der Waals surface area contributed by atoms with Crippen LogP contribution in [0.15, 0.2) is 121 Å². The fourth-order valence-corrected chi connectivity index (χ4v) is 6.82. The summed E-state index contributed by atoms with van der Waals surface area (Å²) in [5, 5.41) is 25.4. The highest BCUT2D eigenvalue weighted by Crippen LogP contribution is 2.20. The summed E-state index contributed by atoms with van der Waals surface area (Å²) in [6, 6.07) is 26.1. The number of carbonyl (C=O) groups excluding carboxylic acids is 5. The van der Waals surface area contributed by atoms with Crippen LogP contribution in [0.1, 0.15) is 34.9 Å². The summed E-state index contributed by atoms with van der Waals surface area (Å²) in [5.74, 6) is -3.66. The zero-order valence-electron chi connectivity index (χ0n) is 31.2. The molecule has 0 unspecified atom stereocenters. The van der Waals surface area contributed by atoms with Gasteiger partial charge in [-0.3, -0.25) is 29.0 Å². The minimum Gasteiger partial charge on any atom is -0.480 e. The normalized spacial score (nSPS) is 12.9. The average molecular weight is 789 g/mol. The van der Waals surface area contributed by atoms with Crippen molar-refractivity contribution < 1.29 is 33.9 Å². The highest BCUT2D eigenvalue weighted by molar-refractivity contribution is 7.09. The number of nitrogens with one attached hydrogen (secondary N) is 5. The van der Waals surface area contributed by atoms with E-state index in [9.17, 15) is 33.9 Å². The zero-order chi connectivity index (χ0) is 40.6. The summed E-state index contributed by atoms with van der Waals surface area (Å²) in [4.78, 5) is 82.9. The van der Waals surface area contributed by atoms with Crippen molar-refractivity contribution >= 4 is 53.0 Å². The summed E-state index contributed by atoms with van der Waals surface area (Å²) in [6.45, 7) is 1.68. The molecule has 0 saturated carbocycles. The standard InChI is InChI=1S/C43H44N6O7S/c1-2-39(51)46-37(25-34-11-7-21-57-34)42(54)47-35(22-28-12-16-32(17-13-28)31-9-4-3-5-10-31)40(52)48-36(24-30-8-6-20-44-26-30)41(53)49-38(43(55)56)23-29-14-18-33(19-15-29)45-27-50/h3-21,26-27,35-38H,2,22-25H2,1H3,(H,45,50)(H,46,51)(H,47,54)(H,48,52)(H,49,53)(H,55,56)/t35-,36-,37+,38-/m0/s1. The van der Waals surface area contributed by atoms with Gasteiger partial charge in [0.05, 0.1) is 0 Å². The zero-order valence-corrected chi connectivity index (χ0v) is 32.0. The topological polar surface area (TPSA) is 196 Å². The number of rotatable bonds is 20. The molecule has 5 amide bonds. The third-order valence-electron chi connectivity index (χ3n) is 9.12. The number of carbonyl (C=O) groups is 6. The van der Waals surface area contributed by atoms with Crippen molar-refractivity contribution in [2.45, 2.75) is 63.2 Å².